The van der Waals surface area contributed by atoms with Gasteiger partial charge in [0.25, 0.3) is 5.56 Å². The molecule has 0 unspecified atom stereocenters. The molecule has 0 saturated carbocycles. The summed E-state index contributed by atoms with van der Waals surface area (Å²) in [5, 5.41) is 7.21. The van der Waals surface area contributed by atoms with Gasteiger partial charge >= 0.3 is 0 Å². The molecule has 0 aliphatic rings. The van der Waals surface area contributed by atoms with E-state index in [0.717, 1.165) is 4.68 Å². The fourth-order valence-corrected chi connectivity index (χ4v) is 1.99. The lowest BCUT2D eigenvalue weighted by atomic mass is 10.3. The van der Waals surface area contributed by atoms with Gasteiger partial charge in [-0.2, -0.15) is 5.10 Å². The van der Waals surface area contributed by atoms with E-state index in [9.17, 15) is 9.59 Å². The minimum Gasteiger partial charge on any atom is -0.324 e. The van der Waals surface area contributed by atoms with Crippen molar-refractivity contribution in [3.63, 3.8) is 0 Å². The number of hydrogen-bond acceptors (Lipinski definition) is 3. The number of hydrogen-bond donors (Lipinski definition) is 1. The van der Waals surface area contributed by atoms with Gasteiger partial charge in [-0.1, -0.05) is 23.2 Å². The molecule has 0 spiro atoms. The van der Waals surface area contributed by atoms with Crippen molar-refractivity contribution < 1.29 is 4.79 Å². The van der Waals surface area contributed by atoms with Gasteiger partial charge in [-0.25, -0.2) is 4.68 Å². The maximum Gasteiger partial charge on any atom is 0.267 e. The number of anilines is 1. The number of amides is 1. The van der Waals surface area contributed by atoms with Gasteiger partial charge in [-0.15, -0.1) is 0 Å². The van der Waals surface area contributed by atoms with E-state index in [0.29, 0.717) is 15.7 Å². The summed E-state index contributed by atoms with van der Waals surface area (Å²) in [4.78, 5) is 23.2. The second kappa shape index (κ2) is 5.86. The Bertz CT molecular complexity index is 650. The maximum absolute atomic E-state index is 11.8. The zero-order valence-electron chi connectivity index (χ0n) is 9.64. The normalized spacial score (nSPS) is 10.2. The van der Waals surface area contributed by atoms with E-state index in [1.54, 1.807) is 18.2 Å². The van der Waals surface area contributed by atoms with E-state index >= 15 is 0 Å². The first-order chi connectivity index (χ1) is 9.04. The van der Waals surface area contributed by atoms with Crippen LogP contribution in [-0.2, 0) is 11.3 Å². The van der Waals surface area contributed by atoms with Crippen LogP contribution in [0.4, 0.5) is 5.69 Å². The third-order valence-electron chi connectivity index (χ3n) is 2.23. The lowest BCUT2D eigenvalue weighted by Gasteiger charge is -2.07. The minimum atomic E-state index is -0.390. The van der Waals surface area contributed by atoms with Crippen LogP contribution in [0.3, 0.4) is 0 Å². The van der Waals surface area contributed by atoms with Gasteiger partial charge < -0.3 is 5.32 Å². The van der Waals surface area contributed by atoms with E-state index < -0.39 is 0 Å². The molecule has 19 heavy (non-hydrogen) atoms. The average Bonchev–Trinajstić information content (AvgIpc) is 2.30. The Morgan fingerprint density at radius 2 is 1.95 bits per heavy atom. The van der Waals surface area contributed by atoms with Crippen LogP contribution in [0.25, 0.3) is 0 Å². The number of aromatic nitrogens is 2. The molecule has 2 rings (SSSR count). The van der Waals surface area contributed by atoms with Crippen LogP contribution < -0.4 is 10.9 Å². The van der Waals surface area contributed by atoms with E-state index in [-0.39, 0.29) is 18.0 Å². The first-order valence-corrected chi connectivity index (χ1v) is 6.08. The maximum atomic E-state index is 11.8. The van der Waals surface area contributed by atoms with E-state index in [4.69, 9.17) is 23.2 Å². The Morgan fingerprint density at radius 1 is 1.26 bits per heavy atom. The highest BCUT2D eigenvalue weighted by molar-refractivity contribution is 6.35. The second-order valence-electron chi connectivity index (χ2n) is 3.73. The highest BCUT2D eigenvalue weighted by Crippen LogP contribution is 2.22. The van der Waals surface area contributed by atoms with Crippen LogP contribution in [0.15, 0.2) is 41.3 Å². The summed E-state index contributed by atoms with van der Waals surface area (Å²) in [5.41, 5.74) is 0.119. The van der Waals surface area contributed by atoms with Crippen LogP contribution in [0.5, 0.6) is 0 Å². The van der Waals surface area contributed by atoms with E-state index in [1.165, 1.54) is 18.3 Å². The first-order valence-electron chi connectivity index (χ1n) is 5.33. The van der Waals surface area contributed by atoms with Crippen molar-refractivity contribution in [1.82, 2.24) is 9.78 Å². The predicted molar refractivity (Wildman–Crippen MR) is 73.6 cm³/mol. The molecule has 0 aliphatic carbocycles. The first kappa shape index (κ1) is 13.6. The molecular formula is C12H9Cl2N3O2. The Hall–Kier alpha value is -1.85. The molecule has 0 saturated heterocycles. The van der Waals surface area contributed by atoms with Gasteiger partial charge in [-0.05, 0) is 24.3 Å². The number of nitrogens with zero attached hydrogens (tertiary/aromatic N) is 2. The molecule has 0 bridgehead atoms. The fourth-order valence-electron chi connectivity index (χ4n) is 1.47. The Labute approximate surface area is 118 Å². The molecule has 5 nitrogen and oxygen atoms in total. The number of carbonyl (C=O) groups is 1. The molecule has 0 aliphatic heterocycles. The van der Waals surface area contributed by atoms with Crippen LogP contribution in [0, 0.1) is 0 Å². The fraction of sp³-hybridized carbons (Fsp3) is 0.0833. The summed E-state index contributed by atoms with van der Waals surface area (Å²) in [6, 6.07) is 7.52. The Morgan fingerprint density at radius 3 is 2.58 bits per heavy atom. The molecule has 0 fully saturated rings. The van der Waals surface area contributed by atoms with Crippen LogP contribution >= 0.6 is 23.2 Å². The molecule has 0 radical (unpaired) electrons. The largest absolute Gasteiger partial charge is 0.324 e. The molecule has 2 aromatic rings. The highest BCUT2D eigenvalue weighted by Gasteiger charge is 2.06. The van der Waals surface area contributed by atoms with Gasteiger partial charge in [-0.3, -0.25) is 9.59 Å². The SMILES string of the molecule is O=C(Cn1ncccc1=O)Nc1cc(Cl)cc(Cl)c1. The lowest BCUT2D eigenvalue weighted by Crippen LogP contribution is -2.28. The molecule has 1 N–H and O–H groups in total. The number of halogens is 2. The van der Waals surface area contributed by atoms with Crippen molar-refractivity contribution in [1.29, 1.82) is 0 Å². The second-order valence-corrected chi connectivity index (χ2v) is 4.60. The van der Waals surface area contributed by atoms with Crippen molar-refractivity contribution in [2.75, 3.05) is 5.32 Å². The van der Waals surface area contributed by atoms with Gasteiger partial charge in [0, 0.05) is 28.0 Å². The third-order valence-corrected chi connectivity index (χ3v) is 2.66. The zero-order chi connectivity index (χ0) is 13.8. The molecule has 1 heterocycles. The van der Waals surface area contributed by atoms with Crippen LogP contribution in [0.1, 0.15) is 0 Å². The molecular weight excluding hydrogens is 289 g/mol. The van der Waals surface area contributed by atoms with Gasteiger partial charge in [0.2, 0.25) is 5.91 Å². The third kappa shape index (κ3) is 3.81. The Balaban J connectivity index is 2.10. The van der Waals surface area contributed by atoms with Crippen LogP contribution in [-0.4, -0.2) is 15.7 Å². The summed E-state index contributed by atoms with van der Waals surface area (Å²) in [7, 11) is 0. The van der Waals surface area contributed by atoms with Crippen molar-refractivity contribution >= 4 is 34.8 Å². The molecule has 1 amide bonds. The van der Waals surface area contributed by atoms with Crippen molar-refractivity contribution in [3.8, 4) is 0 Å². The zero-order valence-corrected chi connectivity index (χ0v) is 11.1. The number of rotatable bonds is 3. The summed E-state index contributed by atoms with van der Waals surface area (Å²) < 4.78 is 1.06. The van der Waals surface area contributed by atoms with E-state index in [2.05, 4.69) is 10.4 Å². The number of carbonyl (C=O) groups excluding carboxylic acids is 1. The van der Waals surface area contributed by atoms with Crippen LogP contribution in [0.2, 0.25) is 10.0 Å². The standard InChI is InChI=1S/C12H9Cl2N3O2/c13-8-4-9(14)6-10(5-8)16-11(18)7-17-12(19)2-1-3-15-17/h1-6H,7H2,(H,16,18). The predicted octanol–water partition coefficient (Wildman–Crippen LogP) is 2.19. The summed E-state index contributed by atoms with van der Waals surface area (Å²) >= 11 is 11.6. The lowest BCUT2D eigenvalue weighted by molar-refractivity contribution is -0.117. The molecule has 1 aromatic carbocycles. The monoisotopic (exact) mass is 297 g/mol. The minimum absolute atomic E-state index is 0.177. The summed E-state index contributed by atoms with van der Waals surface area (Å²) in [5.74, 6) is -0.390. The summed E-state index contributed by atoms with van der Waals surface area (Å²) in [6.07, 6.45) is 1.44. The topological polar surface area (TPSA) is 64.0 Å². The molecule has 1 aromatic heterocycles. The van der Waals surface area contributed by atoms with Crippen molar-refractivity contribution in [3.05, 3.63) is 56.9 Å². The quantitative estimate of drug-likeness (QED) is 0.944. The molecule has 0 atom stereocenters. The number of benzene rings is 1. The summed E-state index contributed by atoms with van der Waals surface area (Å²) in [6.45, 7) is -0.177. The Kier molecular flexibility index (Phi) is 4.19. The van der Waals surface area contributed by atoms with Crippen molar-refractivity contribution in [2.24, 2.45) is 0 Å². The number of nitrogens with one attached hydrogen (secondary N) is 1. The van der Waals surface area contributed by atoms with Gasteiger partial charge in [0.1, 0.15) is 6.54 Å². The molecule has 7 heteroatoms. The molecule has 98 valence electrons. The van der Waals surface area contributed by atoms with Crippen molar-refractivity contribution in [2.45, 2.75) is 6.54 Å². The van der Waals surface area contributed by atoms with Gasteiger partial charge in [0.05, 0.1) is 0 Å². The van der Waals surface area contributed by atoms with E-state index in [1.807, 2.05) is 0 Å². The highest BCUT2D eigenvalue weighted by atomic mass is 35.5. The smallest absolute Gasteiger partial charge is 0.267 e. The van der Waals surface area contributed by atoms with Gasteiger partial charge in [0.15, 0.2) is 0 Å². The average molecular weight is 298 g/mol.